The number of hydrogen-bond acceptors (Lipinski definition) is 7. The number of nitrogens with zero attached hydrogens (tertiary/aromatic N) is 3. The average Bonchev–Trinajstić information content (AvgIpc) is 2.99. The first-order chi connectivity index (χ1) is 10.8. The molecule has 112 valence electrons. The molecule has 22 heavy (non-hydrogen) atoms. The quantitative estimate of drug-likeness (QED) is 0.532. The zero-order valence-corrected chi connectivity index (χ0v) is 12.7. The number of thiazole rings is 1. The lowest BCUT2D eigenvalue weighted by atomic mass is 10.3. The van der Waals surface area contributed by atoms with E-state index in [4.69, 9.17) is 9.47 Å². The second-order valence-electron chi connectivity index (χ2n) is 4.37. The normalized spacial score (nSPS) is 10.8. The Balaban J connectivity index is 1.95. The van der Waals surface area contributed by atoms with Gasteiger partial charge in [0, 0.05) is 19.5 Å². The first-order valence-electron chi connectivity index (χ1n) is 6.62. The molecule has 0 N–H and O–H groups in total. The molecule has 6 nitrogen and oxygen atoms in total. The van der Waals surface area contributed by atoms with Gasteiger partial charge in [0.2, 0.25) is 0 Å². The lowest BCUT2D eigenvalue weighted by Crippen LogP contribution is -2.13. The molecule has 3 aromatic rings. The van der Waals surface area contributed by atoms with Crippen LogP contribution in [0.1, 0.15) is 10.5 Å². The van der Waals surface area contributed by atoms with Gasteiger partial charge in [0.25, 0.3) is 0 Å². The smallest absolute Gasteiger partial charge is 0.359 e. The van der Waals surface area contributed by atoms with Crippen LogP contribution in [-0.2, 0) is 9.47 Å². The second kappa shape index (κ2) is 6.59. The number of methoxy groups -OCH3 is 1. The van der Waals surface area contributed by atoms with Crippen LogP contribution in [0.4, 0.5) is 0 Å². The van der Waals surface area contributed by atoms with Crippen molar-refractivity contribution in [2.24, 2.45) is 0 Å². The molecule has 7 heteroatoms. The Morgan fingerprint density at radius 1 is 1.18 bits per heavy atom. The zero-order valence-electron chi connectivity index (χ0n) is 11.9. The highest BCUT2D eigenvalue weighted by Crippen LogP contribution is 2.30. The van der Waals surface area contributed by atoms with Crippen LogP contribution < -0.4 is 0 Å². The Labute approximate surface area is 130 Å². The molecule has 0 saturated carbocycles. The maximum absolute atomic E-state index is 12.1. The lowest BCUT2D eigenvalue weighted by molar-refractivity contribution is 0.0382. The van der Waals surface area contributed by atoms with Gasteiger partial charge in [-0.15, -0.1) is 11.3 Å². The van der Waals surface area contributed by atoms with E-state index in [0.717, 1.165) is 10.2 Å². The number of carbonyl (C=O) groups excluding carboxylic acids is 1. The summed E-state index contributed by atoms with van der Waals surface area (Å²) >= 11 is 1.46. The van der Waals surface area contributed by atoms with Crippen LogP contribution in [0.25, 0.3) is 20.9 Å². The SMILES string of the molecule is COCCOC(=O)c1nccnc1-c1nc2ccccc2s1. The van der Waals surface area contributed by atoms with Crippen molar-refractivity contribution in [1.29, 1.82) is 0 Å². The van der Waals surface area contributed by atoms with Gasteiger partial charge in [0.15, 0.2) is 5.69 Å². The predicted octanol–water partition coefficient (Wildman–Crippen LogP) is 2.56. The Morgan fingerprint density at radius 2 is 2.00 bits per heavy atom. The van der Waals surface area contributed by atoms with E-state index >= 15 is 0 Å². The van der Waals surface area contributed by atoms with Crippen LogP contribution in [0.5, 0.6) is 0 Å². The van der Waals surface area contributed by atoms with Crippen LogP contribution in [0.3, 0.4) is 0 Å². The maximum Gasteiger partial charge on any atom is 0.359 e. The average molecular weight is 315 g/mol. The van der Waals surface area contributed by atoms with Gasteiger partial charge in [-0.1, -0.05) is 12.1 Å². The number of esters is 1. The van der Waals surface area contributed by atoms with E-state index in [0.29, 0.717) is 17.3 Å². The molecule has 0 aliphatic rings. The highest BCUT2D eigenvalue weighted by atomic mass is 32.1. The topological polar surface area (TPSA) is 74.2 Å². The Kier molecular flexibility index (Phi) is 4.36. The summed E-state index contributed by atoms with van der Waals surface area (Å²) in [5.74, 6) is -0.528. The zero-order chi connectivity index (χ0) is 15.4. The molecular weight excluding hydrogens is 302 g/mol. The number of ether oxygens (including phenoxy) is 2. The molecule has 0 aliphatic carbocycles. The van der Waals surface area contributed by atoms with Gasteiger partial charge in [-0.05, 0) is 12.1 Å². The summed E-state index contributed by atoms with van der Waals surface area (Å²) in [5.41, 5.74) is 1.47. The predicted molar refractivity (Wildman–Crippen MR) is 82.8 cm³/mol. The third-order valence-electron chi connectivity index (χ3n) is 2.91. The van der Waals surface area contributed by atoms with Crippen LogP contribution >= 0.6 is 11.3 Å². The van der Waals surface area contributed by atoms with Gasteiger partial charge in [-0.3, -0.25) is 0 Å². The summed E-state index contributed by atoms with van der Waals surface area (Å²) in [6, 6.07) is 7.76. The Bertz CT molecular complexity index is 770. The standard InChI is InChI=1S/C15H13N3O3S/c1-20-8-9-21-15(19)13-12(16-6-7-17-13)14-18-10-4-2-3-5-11(10)22-14/h2-7H,8-9H2,1H3. The minimum absolute atomic E-state index is 0.164. The Morgan fingerprint density at radius 3 is 2.82 bits per heavy atom. The third kappa shape index (κ3) is 2.95. The molecule has 0 atom stereocenters. The summed E-state index contributed by atoms with van der Waals surface area (Å²) in [6.07, 6.45) is 3.00. The van der Waals surface area contributed by atoms with E-state index in [2.05, 4.69) is 15.0 Å². The molecule has 0 spiro atoms. The number of hydrogen-bond donors (Lipinski definition) is 0. The molecule has 0 radical (unpaired) electrons. The van der Waals surface area contributed by atoms with Crippen molar-refractivity contribution in [3.63, 3.8) is 0 Å². The van der Waals surface area contributed by atoms with Gasteiger partial charge >= 0.3 is 5.97 Å². The van der Waals surface area contributed by atoms with Gasteiger partial charge in [0.1, 0.15) is 17.3 Å². The highest BCUT2D eigenvalue weighted by molar-refractivity contribution is 7.21. The summed E-state index contributed by atoms with van der Waals surface area (Å²) < 4.78 is 11.0. The largest absolute Gasteiger partial charge is 0.458 e. The van der Waals surface area contributed by atoms with E-state index in [1.54, 1.807) is 7.11 Å². The summed E-state index contributed by atoms with van der Waals surface area (Å²) in [7, 11) is 1.54. The number of rotatable bonds is 5. The van der Waals surface area contributed by atoms with Crippen LogP contribution in [0.15, 0.2) is 36.7 Å². The lowest BCUT2D eigenvalue weighted by Gasteiger charge is -2.05. The molecule has 2 aromatic heterocycles. The van der Waals surface area contributed by atoms with E-state index in [1.165, 1.54) is 23.7 Å². The fraction of sp³-hybridized carbons (Fsp3) is 0.200. The fourth-order valence-corrected chi connectivity index (χ4v) is 2.87. The molecule has 0 fully saturated rings. The number of benzene rings is 1. The van der Waals surface area contributed by atoms with Gasteiger partial charge in [-0.25, -0.2) is 19.7 Å². The monoisotopic (exact) mass is 315 g/mol. The highest BCUT2D eigenvalue weighted by Gasteiger charge is 2.19. The van der Waals surface area contributed by atoms with Crippen LogP contribution in [-0.4, -0.2) is 41.2 Å². The second-order valence-corrected chi connectivity index (χ2v) is 5.40. The molecule has 3 rings (SSSR count). The van der Waals surface area contributed by atoms with Gasteiger partial charge in [-0.2, -0.15) is 0 Å². The van der Waals surface area contributed by atoms with Crippen molar-refractivity contribution in [2.45, 2.75) is 0 Å². The van der Waals surface area contributed by atoms with Crippen molar-refractivity contribution in [3.05, 3.63) is 42.4 Å². The molecule has 0 saturated heterocycles. The molecule has 0 aliphatic heterocycles. The number of aromatic nitrogens is 3. The molecule has 1 aromatic carbocycles. The molecule has 2 heterocycles. The van der Waals surface area contributed by atoms with Crippen molar-refractivity contribution in [2.75, 3.05) is 20.3 Å². The molecular formula is C15H13N3O3S. The van der Waals surface area contributed by atoms with Crippen molar-refractivity contribution < 1.29 is 14.3 Å². The van der Waals surface area contributed by atoms with Crippen molar-refractivity contribution >= 4 is 27.5 Å². The molecule has 0 unspecified atom stereocenters. The summed E-state index contributed by atoms with van der Waals surface area (Å²) in [6.45, 7) is 0.508. The maximum atomic E-state index is 12.1. The number of para-hydroxylation sites is 1. The third-order valence-corrected chi connectivity index (χ3v) is 3.95. The minimum atomic E-state index is -0.528. The summed E-state index contributed by atoms with van der Waals surface area (Å²) in [4.78, 5) is 25.0. The number of fused-ring (bicyclic) bond motifs is 1. The number of carbonyl (C=O) groups is 1. The van der Waals surface area contributed by atoms with Crippen molar-refractivity contribution in [3.8, 4) is 10.7 Å². The van der Waals surface area contributed by atoms with E-state index in [-0.39, 0.29) is 12.3 Å². The van der Waals surface area contributed by atoms with Crippen LogP contribution in [0, 0.1) is 0 Å². The Hall–Kier alpha value is -2.38. The minimum Gasteiger partial charge on any atom is -0.458 e. The fourth-order valence-electron chi connectivity index (χ4n) is 1.90. The van der Waals surface area contributed by atoms with Gasteiger partial charge in [0.05, 0.1) is 16.8 Å². The molecule has 0 bridgehead atoms. The van der Waals surface area contributed by atoms with Crippen molar-refractivity contribution in [1.82, 2.24) is 15.0 Å². The summed E-state index contributed by atoms with van der Waals surface area (Å²) in [5, 5.41) is 0.646. The van der Waals surface area contributed by atoms with E-state index < -0.39 is 5.97 Å². The van der Waals surface area contributed by atoms with E-state index in [1.807, 2.05) is 24.3 Å². The first-order valence-corrected chi connectivity index (χ1v) is 7.44. The van der Waals surface area contributed by atoms with Gasteiger partial charge < -0.3 is 9.47 Å². The first kappa shape index (κ1) is 14.6. The van der Waals surface area contributed by atoms with E-state index in [9.17, 15) is 4.79 Å². The molecule has 0 amide bonds. The van der Waals surface area contributed by atoms with Crippen LogP contribution in [0.2, 0.25) is 0 Å².